The summed E-state index contributed by atoms with van der Waals surface area (Å²) >= 11 is 2.16. The summed E-state index contributed by atoms with van der Waals surface area (Å²) in [7, 11) is 1.62. The molecule has 23 heavy (non-hydrogen) atoms. The van der Waals surface area contributed by atoms with Crippen molar-refractivity contribution in [3.8, 4) is 5.75 Å². The van der Waals surface area contributed by atoms with Gasteiger partial charge in [-0.3, -0.25) is 12.9 Å². The lowest BCUT2D eigenvalue weighted by Crippen LogP contribution is -2.16. The van der Waals surface area contributed by atoms with E-state index in [0.717, 1.165) is 28.0 Å². The lowest BCUT2D eigenvalue weighted by Gasteiger charge is -2.21. The monoisotopic (exact) mass is 419 g/mol. The second kappa shape index (κ2) is 6.41. The molecule has 0 saturated heterocycles. The Morgan fingerprint density at radius 2 is 2.00 bits per heavy atom. The number of ether oxygens (including phenoxy) is 1. The maximum absolute atomic E-state index is 11.9. The lowest BCUT2D eigenvalue weighted by molar-refractivity contribution is 0.100. The van der Waals surface area contributed by atoms with Gasteiger partial charge in [0.1, 0.15) is 5.75 Å². The fraction of sp³-hybridized carbons (Fsp3) is 0.0588. The van der Waals surface area contributed by atoms with Crippen LogP contribution in [0.4, 0.5) is 11.4 Å². The number of primary amides is 1. The van der Waals surface area contributed by atoms with Crippen LogP contribution in [0.1, 0.15) is 10.4 Å². The molecular weight excluding hydrogens is 405 g/mol. The minimum Gasteiger partial charge on any atom is -0.497 e. The number of carbonyl (C=O) groups is 1. The zero-order valence-electron chi connectivity index (χ0n) is 12.4. The molecule has 0 radical (unpaired) electrons. The average Bonchev–Trinajstić information content (AvgIpc) is 2.60. The Morgan fingerprint density at radius 3 is 2.74 bits per heavy atom. The summed E-state index contributed by atoms with van der Waals surface area (Å²) in [6.45, 7) is 0. The summed E-state index contributed by atoms with van der Waals surface area (Å²) in [6.07, 6.45) is 1.52. The zero-order chi connectivity index (χ0) is 16.4. The maximum atomic E-state index is 11.9. The quantitative estimate of drug-likeness (QED) is 0.516. The van der Waals surface area contributed by atoms with E-state index in [1.165, 1.54) is 6.20 Å². The summed E-state index contributed by atoms with van der Waals surface area (Å²) in [5.41, 5.74) is 8.32. The van der Waals surface area contributed by atoms with Crippen LogP contribution in [-0.4, -0.2) is 18.0 Å². The third kappa shape index (κ3) is 2.94. The molecule has 0 bridgehead atoms. The molecule has 3 rings (SSSR count). The first-order chi connectivity index (χ1) is 11.1. The van der Waals surface area contributed by atoms with Crippen molar-refractivity contribution in [2.24, 2.45) is 5.73 Å². The molecule has 6 heteroatoms. The van der Waals surface area contributed by atoms with Crippen LogP contribution >= 0.6 is 22.9 Å². The minimum absolute atomic E-state index is 0.376. The predicted molar refractivity (Wildman–Crippen MR) is 99.4 cm³/mol. The summed E-state index contributed by atoms with van der Waals surface area (Å²) in [4.78, 5) is 16.2. The van der Waals surface area contributed by atoms with Crippen molar-refractivity contribution in [3.63, 3.8) is 0 Å². The fourth-order valence-electron chi connectivity index (χ4n) is 2.38. The fourth-order valence-corrected chi connectivity index (χ4v) is 3.20. The normalized spacial score (nSPS) is 10.5. The van der Waals surface area contributed by atoms with E-state index >= 15 is 0 Å². The second-order valence-electron chi connectivity index (χ2n) is 4.88. The molecule has 3 aromatic rings. The number of halogens is 1. The Bertz CT molecular complexity index is 883. The van der Waals surface area contributed by atoms with Crippen LogP contribution in [0.15, 0.2) is 54.7 Å². The molecule has 116 valence electrons. The van der Waals surface area contributed by atoms with Gasteiger partial charge in [-0.25, -0.2) is 0 Å². The summed E-state index contributed by atoms with van der Waals surface area (Å²) < 4.78 is 7.17. The van der Waals surface area contributed by atoms with Gasteiger partial charge in [-0.1, -0.05) is 24.3 Å². The van der Waals surface area contributed by atoms with E-state index in [2.05, 4.69) is 27.8 Å². The SMILES string of the molecule is COc1cccc(N(I)c2c(C(N)=O)cnc3ccccc23)c1. The maximum Gasteiger partial charge on any atom is 0.252 e. The molecule has 0 aliphatic heterocycles. The van der Waals surface area contributed by atoms with Gasteiger partial charge < -0.3 is 10.5 Å². The van der Waals surface area contributed by atoms with E-state index in [0.29, 0.717) is 5.56 Å². The van der Waals surface area contributed by atoms with Gasteiger partial charge in [0.05, 0.1) is 52.4 Å². The van der Waals surface area contributed by atoms with E-state index in [4.69, 9.17) is 10.5 Å². The van der Waals surface area contributed by atoms with Crippen molar-refractivity contribution in [2.75, 3.05) is 10.2 Å². The predicted octanol–water partition coefficient (Wildman–Crippen LogP) is 3.83. The highest BCUT2D eigenvalue weighted by Gasteiger charge is 2.19. The van der Waals surface area contributed by atoms with Gasteiger partial charge in [0.25, 0.3) is 5.91 Å². The zero-order valence-corrected chi connectivity index (χ0v) is 14.5. The Morgan fingerprint density at radius 1 is 1.22 bits per heavy atom. The van der Waals surface area contributed by atoms with E-state index in [-0.39, 0.29) is 0 Å². The molecule has 0 fully saturated rings. The highest BCUT2D eigenvalue weighted by molar-refractivity contribution is 14.1. The number of benzene rings is 2. The number of nitrogens with two attached hydrogens (primary N) is 1. The first kappa shape index (κ1) is 15.5. The third-order valence-electron chi connectivity index (χ3n) is 3.49. The molecule has 0 spiro atoms. The highest BCUT2D eigenvalue weighted by atomic mass is 127. The standard InChI is InChI=1S/C17H14IN3O2/c1-23-12-6-4-5-11(9-12)21(18)16-13-7-2-3-8-15(13)20-10-14(16)17(19)22/h2-10H,1H3,(H2,19,22). The molecule has 0 atom stereocenters. The van der Waals surface area contributed by atoms with Crippen LogP contribution in [0.5, 0.6) is 5.75 Å². The summed E-state index contributed by atoms with van der Waals surface area (Å²) in [5.74, 6) is 0.228. The molecule has 1 aromatic heterocycles. The number of aromatic nitrogens is 1. The number of anilines is 2. The van der Waals surface area contributed by atoms with Crippen LogP contribution in [0.3, 0.4) is 0 Å². The van der Waals surface area contributed by atoms with E-state index in [1.54, 1.807) is 7.11 Å². The lowest BCUT2D eigenvalue weighted by atomic mass is 10.1. The van der Waals surface area contributed by atoms with Crippen LogP contribution in [0.25, 0.3) is 10.9 Å². The minimum atomic E-state index is -0.511. The number of nitrogens with zero attached hydrogens (tertiary/aromatic N) is 2. The number of fused-ring (bicyclic) bond motifs is 1. The Kier molecular flexibility index (Phi) is 4.33. The van der Waals surface area contributed by atoms with Crippen LogP contribution in [-0.2, 0) is 0 Å². The summed E-state index contributed by atoms with van der Waals surface area (Å²) in [5, 5.41) is 0.862. The number of carbonyl (C=O) groups excluding carboxylic acids is 1. The Balaban J connectivity index is 2.24. The molecule has 1 heterocycles. The van der Waals surface area contributed by atoms with Gasteiger partial charge in [0, 0.05) is 17.6 Å². The van der Waals surface area contributed by atoms with Crippen molar-refractivity contribution < 1.29 is 9.53 Å². The first-order valence-corrected chi connectivity index (χ1v) is 7.86. The molecule has 0 saturated carbocycles. The van der Waals surface area contributed by atoms with Crippen molar-refractivity contribution >= 4 is 51.0 Å². The van der Waals surface area contributed by atoms with Crippen molar-refractivity contribution in [3.05, 3.63) is 60.3 Å². The number of hydrogen-bond donors (Lipinski definition) is 1. The molecule has 0 unspecified atom stereocenters. The van der Waals surface area contributed by atoms with E-state index in [9.17, 15) is 4.79 Å². The Hall–Kier alpha value is -2.35. The highest BCUT2D eigenvalue weighted by Crippen LogP contribution is 2.38. The van der Waals surface area contributed by atoms with Crippen LogP contribution < -0.4 is 13.6 Å². The van der Waals surface area contributed by atoms with Gasteiger partial charge in [-0.15, -0.1) is 0 Å². The number of pyridine rings is 1. The molecule has 0 aliphatic rings. The van der Waals surface area contributed by atoms with Crippen molar-refractivity contribution in [1.29, 1.82) is 0 Å². The first-order valence-electron chi connectivity index (χ1n) is 6.89. The largest absolute Gasteiger partial charge is 0.497 e. The Labute approximate surface area is 147 Å². The van der Waals surface area contributed by atoms with Gasteiger partial charge in [-0.2, -0.15) is 0 Å². The number of methoxy groups -OCH3 is 1. The molecule has 2 aromatic carbocycles. The van der Waals surface area contributed by atoms with Crippen molar-refractivity contribution in [2.45, 2.75) is 0 Å². The second-order valence-corrected chi connectivity index (χ2v) is 5.85. The van der Waals surface area contributed by atoms with Crippen LogP contribution in [0, 0.1) is 0 Å². The van der Waals surface area contributed by atoms with Gasteiger partial charge in [0.15, 0.2) is 0 Å². The van der Waals surface area contributed by atoms with Gasteiger partial charge >= 0.3 is 0 Å². The molecule has 2 N–H and O–H groups in total. The third-order valence-corrected chi connectivity index (χ3v) is 4.53. The topological polar surface area (TPSA) is 68.5 Å². The van der Waals surface area contributed by atoms with Gasteiger partial charge in [-0.05, 0) is 18.2 Å². The number of para-hydroxylation sites is 1. The van der Waals surface area contributed by atoms with Crippen LogP contribution in [0.2, 0.25) is 0 Å². The molecule has 1 amide bonds. The van der Waals surface area contributed by atoms with Crippen molar-refractivity contribution in [1.82, 2.24) is 4.98 Å². The molecule has 5 nitrogen and oxygen atoms in total. The van der Waals surface area contributed by atoms with E-state index in [1.807, 2.05) is 51.6 Å². The van der Waals surface area contributed by atoms with Gasteiger partial charge in [0.2, 0.25) is 0 Å². The average molecular weight is 419 g/mol. The molecule has 0 aliphatic carbocycles. The smallest absolute Gasteiger partial charge is 0.252 e. The van der Waals surface area contributed by atoms with E-state index < -0.39 is 5.91 Å². The summed E-state index contributed by atoms with van der Waals surface area (Å²) in [6, 6.07) is 15.2. The molecular formula is C17H14IN3O2. The number of rotatable bonds is 4. The number of amides is 1. The number of hydrogen-bond acceptors (Lipinski definition) is 4.